The fraction of sp³-hybridized carbons (Fsp3) is 0.392. The number of nitrogens with zero attached hydrogens (tertiary/aromatic N) is 6. The number of anilines is 2. The molecule has 4 aliphatic rings. The van der Waals surface area contributed by atoms with E-state index in [1.807, 2.05) is 40.1 Å². The van der Waals surface area contributed by atoms with Gasteiger partial charge in [-0.05, 0) is 118 Å². The number of nitrogens with two attached hydrogens (primary N) is 1. The molecule has 0 aliphatic carbocycles. The Morgan fingerprint density at radius 2 is 1.04 bits per heavy atom. The first-order valence-electron chi connectivity index (χ1n) is 22.5. The summed E-state index contributed by atoms with van der Waals surface area (Å²) in [7, 11) is 4.18. The number of hydrogen-bond acceptors (Lipinski definition) is 9. The highest BCUT2D eigenvalue weighted by Gasteiger charge is 2.42. The largest absolute Gasteiger partial charge is 0.444 e. The van der Waals surface area contributed by atoms with Crippen molar-refractivity contribution in [3.63, 3.8) is 0 Å². The average Bonchev–Trinajstić information content (AvgIpc) is 3.23. The zero-order chi connectivity index (χ0) is 48.0. The lowest BCUT2D eigenvalue weighted by molar-refractivity contribution is -0.141. The van der Waals surface area contributed by atoms with Crippen LogP contribution in [-0.2, 0) is 27.4 Å². The standard InChI is InChI=1S/C28H34ClFN4O3.C23H26ClFN4O/c1-28(2,3)37-27(36)31-25-13-21(29)9-7-20(25)8-12-26(35)34-23-15-32(4)16-24(34)18-33(17-23)14-19-5-10-22(30)11-6-19;1-27-12-20-14-28(11-16-2-7-19(25)8-3-16)15-21(13-27)29(20)23(30)9-5-17-4-6-18(24)10-22(17)26/h5-13,23-24H,14-18H2,1-4H3,(H,31,36);2-10,20-21H,11-15,26H2,1H3/b12-8+;9-5+. The van der Waals surface area contributed by atoms with Gasteiger partial charge in [-0.25, -0.2) is 13.6 Å². The molecule has 4 aromatic carbocycles. The number of hydrogen-bond donors (Lipinski definition) is 2. The molecular formula is C51H60Cl2F2N8O4. The van der Waals surface area contributed by atoms with E-state index in [9.17, 15) is 23.2 Å². The smallest absolute Gasteiger partial charge is 0.412 e. The van der Waals surface area contributed by atoms with E-state index >= 15 is 0 Å². The molecule has 12 nitrogen and oxygen atoms in total. The van der Waals surface area contributed by atoms with E-state index in [4.69, 9.17) is 33.7 Å². The third-order valence-electron chi connectivity index (χ3n) is 12.2. The maximum atomic E-state index is 13.4. The highest BCUT2D eigenvalue weighted by molar-refractivity contribution is 6.31. The van der Waals surface area contributed by atoms with Crippen LogP contribution in [0.2, 0.25) is 10.0 Å². The fourth-order valence-electron chi connectivity index (χ4n) is 9.52. The number of piperazine rings is 4. The summed E-state index contributed by atoms with van der Waals surface area (Å²) >= 11 is 12.1. The van der Waals surface area contributed by atoms with E-state index in [-0.39, 0.29) is 47.6 Å². The van der Waals surface area contributed by atoms with Crippen LogP contribution < -0.4 is 11.1 Å². The van der Waals surface area contributed by atoms with Crippen LogP contribution in [0.15, 0.2) is 97.1 Å². The van der Waals surface area contributed by atoms with Gasteiger partial charge in [-0.15, -0.1) is 0 Å². The van der Waals surface area contributed by atoms with Crippen LogP contribution in [0.1, 0.15) is 43.0 Å². The van der Waals surface area contributed by atoms with E-state index in [1.54, 1.807) is 75.4 Å². The molecule has 356 valence electrons. The molecule has 8 rings (SSSR count). The van der Waals surface area contributed by atoms with Crippen molar-refractivity contribution in [2.24, 2.45) is 0 Å². The Labute approximate surface area is 402 Å². The van der Waals surface area contributed by atoms with Crippen LogP contribution in [0.3, 0.4) is 0 Å². The molecule has 4 saturated heterocycles. The predicted molar refractivity (Wildman–Crippen MR) is 262 cm³/mol. The zero-order valence-electron chi connectivity index (χ0n) is 38.7. The number of benzene rings is 4. The van der Waals surface area contributed by atoms with Gasteiger partial charge in [-0.1, -0.05) is 59.6 Å². The second kappa shape index (κ2) is 21.7. The highest BCUT2D eigenvalue weighted by Crippen LogP contribution is 2.28. The van der Waals surface area contributed by atoms with Gasteiger partial charge in [0.2, 0.25) is 11.8 Å². The summed E-state index contributed by atoms with van der Waals surface area (Å²) in [5.74, 6) is -0.521. The van der Waals surface area contributed by atoms with Crippen LogP contribution in [0, 0.1) is 11.6 Å². The van der Waals surface area contributed by atoms with E-state index < -0.39 is 11.7 Å². The summed E-state index contributed by atoms with van der Waals surface area (Å²) in [6.45, 7) is 13.1. The number of ether oxygens (including phenoxy) is 1. The summed E-state index contributed by atoms with van der Waals surface area (Å²) < 4.78 is 31.8. The lowest BCUT2D eigenvalue weighted by Gasteiger charge is -2.52. The van der Waals surface area contributed by atoms with Crippen molar-refractivity contribution >= 4 is 64.6 Å². The predicted octanol–water partition coefficient (Wildman–Crippen LogP) is 7.97. The molecule has 4 heterocycles. The zero-order valence-corrected chi connectivity index (χ0v) is 40.2. The van der Waals surface area contributed by atoms with Crippen LogP contribution in [0.25, 0.3) is 12.2 Å². The summed E-state index contributed by atoms with van der Waals surface area (Å²) in [5.41, 5.74) is 9.95. The molecule has 4 aromatic rings. The monoisotopic (exact) mass is 956 g/mol. The molecule has 16 heteroatoms. The highest BCUT2D eigenvalue weighted by atomic mass is 35.5. The number of likely N-dealkylation sites (N-methyl/N-ethyl adjacent to an activating group) is 2. The Hall–Kier alpha value is -5.35. The quantitative estimate of drug-likeness (QED) is 0.127. The Morgan fingerprint density at radius 3 is 1.46 bits per heavy atom. The molecule has 0 radical (unpaired) electrons. The Kier molecular flexibility index (Phi) is 16.1. The summed E-state index contributed by atoms with van der Waals surface area (Å²) in [6.07, 6.45) is 6.05. The number of halogens is 4. The van der Waals surface area contributed by atoms with Crippen LogP contribution in [0.4, 0.5) is 25.0 Å². The van der Waals surface area contributed by atoms with Crippen LogP contribution in [0.5, 0.6) is 0 Å². The van der Waals surface area contributed by atoms with Gasteiger partial charge < -0.3 is 30.1 Å². The molecule has 0 saturated carbocycles. The van der Waals surface area contributed by atoms with E-state index in [0.29, 0.717) is 27.0 Å². The van der Waals surface area contributed by atoms with Gasteiger partial charge in [0, 0.05) is 93.3 Å². The van der Waals surface area contributed by atoms with E-state index in [1.165, 1.54) is 24.3 Å². The van der Waals surface area contributed by atoms with Crippen LogP contribution in [-0.4, -0.2) is 144 Å². The molecule has 4 atom stereocenters. The third kappa shape index (κ3) is 13.6. The molecule has 4 unspecified atom stereocenters. The molecular weight excluding hydrogens is 898 g/mol. The Morgan fingerprint density at radius 1 is 0.642 bits per heavy atom. The first-order valence-corrected chi connectivity index (χ1v) is 23.3. The maximum Gasteiger partial charge on any atom is 0.412 e. The van der Waals surface area contributed by atoms with Gasteiger partial charge in [-0.2, -0.15) is 0 Å². The first kappa shape index (κ1) is 49.6. The topological polar surface area (TPSA) is 118 Å². The summed E-state index contributed by atoms with van der Waals surface area (Å²) in [6, 6.07) is 23.9. The number of fused-ring (bicyclic) bond motifs is 4. The normalized spacial score (nSPS) is 21.6. The molecule has 67 heavy (non-hydrogen) atoms. The summed E-state index contributed by atoms with van der Waals surface area (Å²) in [5, 5.41) is 3.77. The van der Waals surface area contributed by atoms with E-state index in [2.05, 4.69) is 39.0 Å². The van der Waals surface area contributed by atoms with Gasteiger partial charge in [0.05, 0.1) is 29.9 Å². The SMILES string of the molecule is CN1CC2CN(Cc3ccc(F)cc3)CC(C1)N2C(=O)/C=C/c1ccc(Cl)cc1N.CN1CC2CN(Cc3ccc(F)cc3)CC(C1)N2C(=O)/C=C/c1ccc(Cl)cc1NC(=O)OC(C)(C)C. The Balaban J connectivity index is 0.000000203. The molecule has 4 bridgehead atoms. The molecule has 4 fully saturated rings. The lowest BCUT2D eigenvalue weighted by Crippen LogP contribution is -2.68. The van der Waals surface area contributed by atoms with Gasteiger partial charge in [0.15, 0.2) is 0 Å². The number of amides is 3. The fourth-order valence-corrected chi connectivity index (χ4v) is 9.87. The number of carbonyl (C=O) groups excluding carboxylic acids is 3. The third-order valence-corrected chi connectivity index (χ3v) is 12.7. The van der Waals surface area contributed by atoms with Gasteiger partial charge in [0.25, 0.3) is 0 Å². The van der Waals surface area contributed by atoms with Crippen molar-refractivity contribution in [3.05, 3.63) is 141 Å². The number of rotatable bonds is 9. The minimum atomic E-state index is -0.640. The second-order valence-electron chi connectivity index (χ2n) is 19.0. The van der Waals surface area contributed by atoms with Gasteiger partial charge in [0.1, 0.15) is 17.2 Å². The van der Waals surface area contributed by atoms with Crippen molar-refractivity contribution in [2.45, 2.75) is 63.6 Å². The van der Waals surface area contributed by atoms with Crippen molar-refractivity contribution in [1.29, 1.82) is 0 Å². The molecule has 0 aromatic heterocycles. The maximum absolute atomic E-state index is 13.4. The number of carbonyl (C=O) groups is 3. The van der Waals surface area contributed by atoms with Crippen molar-refractivity contribution in [1.82, 2.24) is 29.4 Å². The molecule has 0 spiro atoms. The molecule has 3 N–H and O–H groups in total. The average molecular weight is 958 g/mol. The summed E-state index contributed by atoms with van der Waals surface area (Å²) in [4.78, 5) is 52.0. The first-order chi connectivity index (χ1) is 31.8. The molecule has 4 aliphatic heterocycles. The van der Waals surface area contributed by atoms with Crippen molar-refractivity contribution in [3.8, 4) is 0 Å². The molecule has 3 amide bonds. The number of nitrogen functional groups attached to an aromatic ring is 1. The minimum Gasteiger partial charge on any atom is -0.444 e. The Bertz CT molecular complexity index is 2420. The van der Waals surface area contributed by atoms with Gasteiger partial charge in [-0.3, -0.25) is 24.7 Å². The second-order valence-corrected chi connectivity index (χ2v) is 19.9. The van der Waals surface area contributed by atoms with Gasteiger partial charge >= 0.3 is 6.09 Å². The number of nitrogens with one attached hydrogen (secondary N) is 1. The van der Waals surface area contributed by atoms with Crippen molar-refractivity contribution < 1.29 is 27.9 Å². The van der Waals surface area contributed by atoms with Crippen LogP contribution >= 0.6 is 23.2 Å². The minimum absolute atomic E-state index is 0.00822. The van der Waals surface area contributed by atoms with E-state index in [0.717, 1.165) is 82.1 Å². The van der Waals surface area contributed by atoms with Crippen molar-refractivity contribution in [2.75, 3.05) is 77.5 Å². The lowest BCUT2D eigenvalue weighted by atomic mass is 9.99.